The topological polar surface area (TPSA) is 35.5 Å². The summed E-state index contributed by atoms with van der Waals surface area (Å²) in [5.74, 6) is 1.73. The lowest BCUT2D eigenvalue weighted by molar-refractivity contribution is -0.111. The monoisotopic (exact) mass is 376 g/mol. The van der Waals surface area contributed by atoms with E-state index >= 15 is 0 Å². The van der Waals surface area contributed by atoms with Gasteiger partial charge in [0.2, 0.25) is 0 Å². The molecule has 3 nitrogen and oxygen atoms in total. The highest BCUT2D eigenvalue weighted by Crippen LogP contribution is 2.33. The lowest BCUT2D eigenvalue weighted by Crippen LogP contribution is -2.07. The van der Waals surface area contributed by atoms with Gasteiger partial charge >= 0.3 is 0 Å². The molecule has 1 aliphatic rings. The average Bonchev–Trinajstić information content (AvgIpc) is 2.97. The lowest BCUT2D eigenvalue weighted by Gasteiger charge is -2.12. The van der Waals surface area contributed by atoms with E-state index < -0.39 is 0 Å². The first-order valence-electron chi connectivity index (χ1n) is 9.91. The van der Waals surface area contributed by atoms with Crippen molar-refractivity contribution in [2.24, 2.45) is 0 Å². The second kappa shape index (κ2) is 8.92. The summed E-state index contributed by atoms with van der Waals surface area (Å²) in [6, 6.07) is 15.7. The third kappa shape index (κ3) is 4.92. The summed E-state index contributed by atoms with van der Waals surface area (Å²) >= 11 is 0. The molecule has 0 unspecified atom stereocenters. The van der Waals surface area contributed by atoms with Gasteiger partial charge in [-0.05, 0) is 64.8 Å². The van der Waals surface area contributed by atoms with Crippen LogP contribution in [0, 0.1) is 0 Å². The number of carbonyl (C=O) groups excluding carboxylic acids is 1. The van der Waals surface area contributed by atoms with Gasteiger partial charge in [-0.15, -0.1) is 0 Å². The van der Waals surface area contributed by atoms with Gasteiger partial charge in [-0.1, -0.05) is 36.4 Å². The van der Waals surface area contributed by atoms with Crippen LogP contribution in [0.3, 0.4) is 0 Å². The van der Waals surface area contributed by atoms with Crippen LogP contribution in [-0.4, -0.2) is 18.0 Å². The predicted octanol–water partition coefficient (Wildman–Crippen LogP) is 6.09. The molecule has 28 heavy (non-hydrogen) atoms. The van der Waals surface area contributed by atoms with E-state index in [4.69, 9.17) is 9.47 Å². The highest BCUT2D eigenvalue weighted by Gasteiger charge is 2.24. The molecule has 0 radical (unpaired) electrons. The maximum atomic E-state index is 13.0. The van der Waals surface area contributed by atoms with Crippen LogP contribution in [0.2, 0.25) is 0 Å². The van der Waals surface area contributed by atoms with Crippen LogP contribution in [0.1, 0.15) is 51.7 Å². The first-order valence-corrected chi connectivity index (χ1v) is 9.91. The van der Waals surface area contributed by atoms with Crippen molar-refractivity contribution in [3.8, 4) is 11.5 Å². The Hall–Kier alpha value is -2.81. The molecule has 0 N–H and O–H groups in total. The van der Waals surface area contributed by atoms with E-state index in [2.05, 4.69) is 0 Å². The van der Waals surface area contributed by atoms with Crippen LogP contribution in [0.25, 0.3) is 12.2 Å². The third-order valence-electron chi connectivity index (χ3n) is 4.47. The fourth-order valence-corrected chi connectivity index (χ4v) is 3.28. The van der Waals surface area contributed by atoms with Crippen molar-refractivity contribution in [2.75, 3.05) is 0 Å². The number of allylic oxidation sites excluding steroid dienone is 2. The highest BCUT2D eigenvalue weighted by molar-refractivity contribution is 6.15. The van der Waals surface area contributed by atoms with Gasteiger partial charge in [-0.2, -0.15) is 0 Å². The normalized spacial score (nSPS) is 17.1. The summed E-state index contributed by atoms with van der Waals surface area (Å²) in [6.07, 6.45) is 5.61. The van der Waals surface area contributed by atoms with Gasteiger partial charge in [0.15, 0.2) is 5.78 Å². The number of benzene rings is 2. The first-order chi connectivity index (χ1) is 13.4. The lowest BCUT2D eigenvalue weighted by atomic mass is 10.1. The van der Waals surface area contributed by atoms with Gasteiger partial charge in [0.25, 0.3) is 0 Å². The van der Waals surface area contributed by atoms with Gasteiger partial charge in [-0.25, -0.2) is 0 Å². The summed E-state index contributed by atoms with van der Waals surface area (Å²) in [6.45, 7) is 8.01. The van der Waals surface area contributed by atoms with Crippen molar-refractivity contribution in [3.63, 3.8) is 0 Å². The summed E-state index contributed by atoms with van der Waals surface area (Å²) in [5, 5.41) is 0. The average molecular weight is 376 g/mol. The summed E-state index contributed by atoms with van der Waals surface area (Å²) in [5.41, 5.74) is 3.55. The molecule has 1 aliphatic carbocycles. The molecule has 146 valence electrons. The van der Waals surface area contributed by atoms with Crippen LogP contribution < -0.4 is 9.47 Å². The van der Waals surface area contributed by atoms with Crippen LogP contribution in [0.5, 0.6) is 11.5 Å². The Kier molecular flexibility index (Phi) is 6.35. The van der Waals surface area contributed by atoms with E-state index in [9.17, 15) is 4.79 Å². The third-order valence-corrected chi connectivity index (χ3v) is 4.47. The number of ketones is 1. The van der Waals surface area contributed by atoms with Gasteiger partial charge < -0.3 is 9.47 Å². The Morgan fingerprint density at radius 2 is 1.11 bits per heavy atom. The molecule has 0 saturated heterocycles. The molecule has 0 aromatic heterocycles. The van der Waals surface area contributed by atoms with Gasteiger partial charge in [0, 0.05) is 22.3 Å². The molecule has 0 bridgehead atoms. The van der Waals surface area contributed by atoms with E-state index in [1.165, 1.54) is 0 Å². The number of carbonyl (C=O) groups is 1. The van der Waals surface area contributed by atoms with Crippen molar-refractivity contribution < 1.29 is 14.3 Å². The Labute approximate surface area is 167 Å². The van der Waals surface area contributed by atoms with Crippen molar-refractivity contribution in [1.82, 2.24) is 0 Å². The van der Waals surface area contributed by atoms with E-state index in [0.717, 1.165) is 46.6 Å². The second-order valence-corrected chi connectivity index (χ2v) is 7.58. The zero-order valence-corrected chi connectivity index (χ0v) is 17.1. The minimum Gasteiger partial charge on any atom is -0.490 e. The van der Waals surface area contributed by atoms with E-state index in [1.54, 1.807) is 0 Å². The van der Waals surface area contributed by atoms with Crippen molar-refractivity contribution in [1.29, 1.82) is 0 Å². The van der Waals surface area contributed by atoms with Crippen LogP contribution in [0.4, 0.5) is 0 Å². The maximum absolute atomic E-state index is 13.0. The fourth-order valence-electron chi connectivity index (χ4n) is 3.28. The SMILES string of the molecule is CC(C)Oc1ccccc1C=C1CCC(=Cc2ccccc2OC(C)C)C1=O. The molecule has 2 aromatic rings. The maximum Gasteiger partial charge on any atom is 0.185 e. The van der Waals surface area contributed by atoms with Gasteiger partial charge in [-0.3, -0.25) is 4.79 Å². The molecule has 1 saturated carbocycles. The second-order valence-electron chi connectivity index (χ2n) is 7.58. The standard InChI is InChI=1S/C25H28O3/c1-17(2)27-23-11-7-5-9-19(23)15-21-13-14-22(25(21)26)16-20-10-6-8-12-24(20)28-18(3)4/h5-12,15-18H,13-14H2,1-4H3. The molecular formula is C25H28O3. The minimum atomic E-state index is 0.0896. The Morgan fingerprint density at radius 1 is 0.714 bits per heavy atom. The summed E-state index contributed by atoms with van der Waals surface area (Å²) < 4.78 is 11.8. The molecule has 1 fully saturated rings. The number of hydrogen-bond acceptors (Lipinski definition) is 3. The zero-order valence-electron chi connectivity index (χ0n) is 17.1. The molecule has 0 amide bonds. The number of ether oxygens (including phenoxy) is 2. The minimum absolute atomic E-state index is 0.0896. The van der Waals surface area contributed by atoms with E-state index in [1.807, 2.05) is 88.4 Å². The number of hydrogen-bond donors (Lipinski definition) is 0. The predicted molar refractivity (Wildman–Crippen MR) is 115 cm³/mol. The smallest absolute Gasteiger partial charge is 0.185 e. The van der Waals surface area contributed by atoms with Gasteiger partial charge in [0.05, 0.1) is 12.2 Å². The fraction of sp³-hybridized carbons (Fsp3) is 0.320. The Bertz CT molecular complexity index is 830. The summed E-state index contributed by atoms with van der Waals surface area (Å²) in [4.78, 5) is 13.0. The summed E-state index contributed by atoms with van der Waals surface area (Å²) in [7, 11) is 0. The van der Waals surface area contributed by atoms with Crippen LogP contribution >= 0.6 is 0 Å². The van der Waals surface area contributed by atoms with Crippen molar-refractivity contribution in [2.45, 2.75) is 52.7 Å². The molecule has 0 atom stereocenters. The quantitative estimate of drug-likeness (QED) is 0.572. The molecule has 2 aromatic carbocycles. The van der Waals surface area contributed by atoms with Gasteiger partial charge in [0.1, 0.15) is 11.5 Å². The van der Waals surface area contributed by atoms with Crippen LogP contribution in [0.15, 0.2) is 59.7 Å². The first kappa shape index (κ1) is 19.9. The molecule has 3 rings (SSSR count). The number of para-hydroxylation sites is 2. The largest absolute Gasteiger partial charge is 0.490 e. The molecular weight excluding hydrogens is 348 g/mol. The van der Waals surface area contributed by atoms with Crippen molar-refractivity contribution in [3.05, 3.63) is 70.8 Å². The molecule has 0 aliphatic heterocycles. The van der Waals surface area contributed by atoms with Crippen LogP contribution in [-0.2, 0) is 4.79 Å². The molecule has 0 spiro atoms. The van der Waals surface area contributed by atoms with Crippen molar-refractivity contribution >= 4 is 17.9 Å². The number of rotatable bonds is 6. The zero-order chi connectivity index (χ0) is 20.1. The van der Waals surface area contributed by atoms with E-state index in [0.29, 0.717) is 0 Å². The molecule has 3 heteroatoms. The van der Waals surface area contributed by atoms with E-state index in [-0.39, 0.29) is 18.0 Å². The highest BCUT2D eigenvalue weighted by atomic mass is 16.5. The molecule has 0 heterocycles. The number of Topliss-reactive ketones (excluding diaryl/α,β-unsaturated/α-hetero) is 1. The Morgan fingerprint density at radius 3 is 1.50 bits per heavy atom. The Balaban J connectivity index is 1.87.